The molecule has 0 radical (unpaired) electrons. The van der Waals surface area contributed by atoms with Gasteiger partial charge in [-0.1, -0.05) is 53.9 Å². The van der Waals surface area contributed by atoms with Crippen LogP contribution in [0.1, 0.15) is 106 Å². The number of aliphatic carboxylic acids is 1. The molecule has 0 aromatic rings. The van der Waals surface area contributed by atoms with Crippen LogP contribution in [-0.4, -0.2) is 28.9 Å². The van der Waals surface area contributed by atoms with E-state index in [1.165, 1.54) is 26.2 Å². The SMILES string of the molecule is CC(=O)O[C@H]1CC[C@](C)([C@H]2CC[C@@]3(C)[C@@H](CC[C@H]3[C@@H](C)CCCC(C)C)[C@H]2C(=O)O)C(=O)C1. The van der Waals surface area contributed by atoms with E-state index in [0.29, 0.717) is 24.7 Å². The van der Waals surface area contributed by atoms with E-state index in [0.717, 1.165) is 31.6 Å². The van der Waals surface area contributed by atoms with Gasteiger partial charge < -0.3 is 9.84 Å². The van der Waals surface area contributed by atoms with Crippen LogP contribution in [0.3, 0.4) is 0 Å². The fraction of sp³-hybridized carbons (Fsp3) is 0.893. The molecule has 0 aromatic heterocycles. The number of carboxylic acids is 1. The first kappa shape index (κ1) is 26.2. The van der Waals surface area contributed by atoms with Crippen LogP contribution in [0.2, 0.25) is 0 Å². The number of fused-ring (bicyclic) bond motifs is 1. The largest absolute Gasteiger partial charge is 0.481 e. The van der Waals surface area contributed by atoms with Gasteiger partial charge in [-0.05, 0) is 73.5 Å². The lowest BCUT2D eigenvalue weighted by molar-refractivity contribution is -0.165. The molecule has 3 saturated carbocycles. The van der Waals surface area contributed by atoms with Crippen molar-refractivity contribution in [2.45, 2.75) is 112 Å². The van der Waals surface area contributed by atoms with Gasteiger partial charge in [0.15, 0.2) is 0 Å². The third kappa shape index (κ3) is 5.17. The summed E-state index contributed by atoms with van der Waals surface area (Å²) in [5.74, 6) is 0.461. The summed E-state index contributed by atoms with van der Waals surface area (Å²) < 4.78 is 5.31. The van der Waals surface area contributed by atoms with Crippen molar-refractivity contribution in [2.24, 2.45) is 46.3 Å². The number of carbonyl (C=O) groups excluding carboxylic acids is 2. The van der Waals surface area contributed by atoms with Crippen LogP contribution in [0.4, 0.5) is 0 Å². The van der Waals surface area contributed by atoms with Crippen LogP contribution in [-0.2, 0) is 19.1 Å². The summed E-state index contributed by atoms with van der Waals surface area (Å²) >= 11 is 0. The quantitative estimate of drug-likeness (QED) is 0.429. The molecule has 188 valence electrons. The standard InChI is InChI=1S/C28H46O5/c1-17(2)8-7-9-18(3)21-10-11-22-25(26(31)32)23(13-15-27(21,22)5)28(6)14-12-20(16-24(28)30)33-19(4)29/h17-18,20-23,25H,7-16H2,1-6H3,(H,31,32)/t18-,20-,21-,22-,23-,25+,27+,28+/m0/s1. The molecular weight excluding hydrogens is 416 g/mol. The molecule has 0 aliphatic heterocycles. The van der Waals surface area contributed by atoms with Crippen molar-refractivity contribution in [3.05, 3.63) is 0 Å². The van der Waals surface area contributed by atoms with Gasteiger partial charge in [-0.15, -0.1) is 0 Å². The highest BCUT2D eigenvalue weighted by Crippen LogP contribution is 2.64. The van der Waals surface area contributed by atoms with E-state index in [9.17, 15) is 19.5 Å². The van der Waals surface area contributed by atoms with Gasteiger partial charge in [0.2, 0.25) is 0 Å². The normalized spacial score (nSPS) is 39.8. The number of carbonyl (C=O) groups is 3. The summed E-state index contributed by atoms with van der Waals surface area (Å²) in [6, 6.07) is 0. The van der Waals surface area contributed by atoms with E-state index in [4.69, 9.17) is 4.74 Å². The third-order valence-corrected chi connectivity index (χ3v) is 9.94. The summed E-state index contributed by atoms with van der Waals surface area (Å²) in [6.07, 6.45) is 8.73. The maximum absolute atomic E-state index is 13.3. The zero-order valence-corrected chi connectivity index (χ0v) is 21.7. The topological polar surface area (TPSA) is 80.7 Å². The average molecular weight is 463 g/mol. The van der Waals surface area contributed by atoms with E-state index < -0.39 is 17.3 Å². The van der Waals surface area contributed by atoms with Crippen molar-refractivity contribution < 1.29 is 24.2 Å². The Kier molecular flexibility index (Phi) is 8.01. The summed E-state index contributed by atoms with van der Waals surface area (Å²) in [5.41, 5.74) is -0.590. The van der Waals surface area contributed by atoms with Crippen molar-refractivity contribution in [1.29, 1.82) is 0 Å². The van der Waals surface area contributed by atoms with Crippen LogP contribution in [0, 0.1) is 46.3 Å². The number of esters is 1. The van der Waals surface area contributed by atoms with Gasteiger partial charge in [0.05, 0.1) is 5.92 Å². The summed E-state index contributed by atoms with van der Waals surface area (Å²) in [7, 11) is 0. The van der Waals surface area contributed by atoms with E-state index in [1.54, 1.807) is 0 Å². The minimum atomic E-state index is -0.722. The van der Waals surface area contributed by atoms with Crippen LogP contribution >= 0.6 is 0 Å². The molecule has 1 N–H and O–H groups in total. The molecule has 3 rings (SSSR count). The Morgan fingerprint density at radius 1 is 1.03 bits per heavy atom. The molecule has 3 aliphatic carbocycles. The minimum absolute atomic E-state index is 0.0468. The molecule has 0 spiro atoms. The molecule has 0 heterocycles. The number of ether oxygens (including phenoxy) is 1. The Hall–Kier alpha value is -1.39. The van der Waals surface area contributed by atoms with E-state index in [-0.39, 0.29) is 41.5 Å². The maximum Gasteiger partial charge on any atom is 0.307 e. The van der Waals surface area contributed by atoms with Crippen LogP contribution < -0.4 is 0 Å². The Balaban J connectivity index is 1.77. The molecule has 0 amide bonds. The number of carboxylic acid groups (broad SMARTS) is 1. The fourth-order valence-electron chi connectivity index (χ4n) is 8.09. The molecular formula is C28H46O5. The molecule has 3 aliphatic rings. The Bertz CT molecular complexity index is 745. The molecule has 3 fully saturated rings. The number of Topliss-reactive ketones (excluding diaryl/α,β-unsaturated/α-hetero) is 1. The first-order valence-electron chi connectivity index (χ1n) is 13.3. The lowest BCUT2D eigenvalue weighted by atomic mass is 9.50. The molecule has 33 heavy (non-hydrogen) atoms. The first-order chi connectivity index (χ1) is 15.4. The molecule has 0 saturated heterocycles. The van der Waals surface area contributed by atoms with E-state index in [1.807, 2.05) is 6.92 Å². The monoisotopic (exact) mass is 462 g/mol. The van der Waals surface area contributed by atoms with Crippen molar-refractivity contribution >= 4 is 17.7 Å². The average Bonchev–Trinajstić information content (AvgIpc) is 3.06. The highest BCUT2D eigenvalue weighted by molar-refractivity contribution is 5.87. The molecule has 0 aromatic carbocycles. The van der Waals surface area contributed by atoms with Crippen molar-refractivity contribution in [2.75, 3.05) is 0 Å². The van der Waals surface area contributed by atoms with Gasteiger partial charge in [0.25, 0.3) is 0 Å². The summed E-state index contributed by atoms with van der Waals surface area (Å²) in [4.78, 5) is 37.4. The van der Waals surface area contributed by atoms with Gasteiger partial charge in [0.1, 0.15) is 11.9 Å². The zero-order chi connectivity index (χ0) is 24.6. The van der Waals surface area contributed by atoms with Crippen LogP contribution in [0.5, 0.6) is 0 Å². The predicted octanol–water partition coefficient (Wildman–Crippen LogP) is 6.28. The van der Waals surface area contributed by atoms with Crippen molar-refractivity contribution in [3.8, 4) is 0 Å². The Labute approximate surface area is 200 Å². The van der Waals surface area contributed by atoms with Gasteiger partial charge in [-0.25, -0.2) is 0 Å². The number of hydrogen-bond acceptors (Lipinski definition) is 4. The molecule has 5 nitrogen and oxygen atoms in total. The zero-order valence-electron chi connectivity index (χ0n) is 21.7. The number of ketones is 1. The third-order valence-electron chi connectivity index (χ3n) is 9.94. The number of rotatable bonds is 8. The highest BCUT2D eigenvalue weighted by atomic mass is 16.5. The van der Waals surface area contributed by atoms with Crippen LogP contribution in [0.25, 0.3) is 0 Å². The predicted molar refractivity (Wildman–Crippen MR) is 129 cm³/mol. The highest BCUT2D eigenvalue weighted by Gasteiger charge is 2.61. The summed E-state index contributed by atoms with van der Waals surface area (Å²) in [5, 5.41) is 10.4. The van der Waals surface area contributed by atoms with Gasteiger partial charge >= 0.3 is 11.9 Å². The lowest BCUT2D eigenvalue weighted by Gasteiger charge is -2.53. The van der Waals surface area contributed by atoms with E-state index >= 15 is 0 Å². The van der Waals surface area contributed by atoms with Gasteiger partial charge in [-0.2, -0.15) is 0 Å². The molecule has 0 bridgehead atoms. The molecule has 5 heteroatoms. The summed E-state index contributed by atoms with van der Waals surface area (Å²) in [6.45, 7) is 12.6. The Morgan fingerprint density at radius 3 is 2.30 bits per heavy atom. The van der Waals surface area contributed by atoms with Crippen LogP contribution in [0.15, 0.2) is 0 Å². The van der Waals surface area contributed by atoms with Gasteiger partial charge in [0, 0.05) is 18.8 Å². The molecule has 8 atom stereocenters. The lowest BCUT2D eigenvalue weighted by Crippen LogP contribution is -2.54. The molecule has 0 unspecified atom stereocenters. The maximum atomic E-state index is 13.3. The smallest absolute Gasteiger partial charge is 0.307 e. The second-order valence-corrected chi connectivity index (χ2v) is 12.4. The second kappa shape index (κ2) is 10.1. The Morgan fingerprint density at radius 2 is 1.73 bits per heavy atom. The number of hydrogen-bond donors (Lipinski definition) is 1. The van der Waals surface area contributed by atoms with Crippen molar-refractivity contribution in [3.63, 3.8) is 0 Å². The van der Waals surface area contributed by atoms with Crippen molar-refractivity contribution in [1.82, 2.24) is 0 Å². The van der Waals surface area contributed by atoms with E-state index in [2.05, 4.69) is 27.7 Å². The second-order valence-electron chi connectivity index (χ2n) is 12.4. The van der Waals surface area contributed by atoms with Gasteiger partial charge in [-0.3, -0.25) is 14.4 Å². The fourth-order valence-corrected chi connectivity index (χ4v) is 8.09. The first-order valence-corrected chi connectivity index (χ1v) is 13.3. The minimum Gasteiger partial charge on any atom is -0.481 e.